The van der Waals surface area contributed by atoms with Crippen LogP contribution in [-0.4, -0.2) is 34.1 Å². The van der Waals surface area contributed by atoms with Crippen LogP contribution in [0.25, 0.3) is 11.3 Å². The average molecular weight is 401 g/mol. The third-order valence-corrected chi connectivity index (χ3v) is 6.06. The molecule has 1 atom stereocenters. The smallest absolute Gasteiger partial charge is 0.228 e. The Hall–Kier alpha value is -2.15. The Morgan fingerprint density at radius 2 is 2.11 bits per heavy atom. The number of aromatic amines is 1. The number of carbonyl (C=O) groups excluding carboxylic acids is 1. The maximum absolute atomic E-state index is 12.7. The molecule has 1 aromatic carbocycles. The van der Waals surface area contributed by atoms with Crippen molar-refractivity contribution in [2.45, 2.75) is 19.4 Å². The summed E-state index contributed by atoms with van der Waals surface area (Å²) in [6.07, 6.45) is 3.69. The first-order valence-electron chi connectivity index (χ1n) is 9.04. The Morgan fingerprint density at radius 3 is 2.81 bits per heavy atom. The molecule has 2 aromatic heterocycles. The number of hydrogen-bond donors (Lipinski definition) is 2. The molecule has 7 heteroatoms. The molecule has 1 amide bonds. The van der Waals surface area contributed by atoms with Crippen molar-refractivity contribution in [3.05, 3.63) is 57.9 Å². The fourth-order valence-electron chi connectivity index (χ4n) is 3.46. The van der Waals surface area contributed by atoms with Crippen molar-refractivity contribution < 1.29 is 4.79 Å². The number of benzene rings is 1. The van der Waals surface area contributed by atoms with E-state index in [1.165, 1.54) is 4.88 Å². The van der Waals surface area contributed by atoms with Crippen LogP contribution in [0, 0.1) is 5.92 Å². The van der Waals surface area contributed by atoms with Crippen molar-refractivity contribution in [2.75, 3.05) is 18.4 Å². The van der Waals surface area contributed by atoms with E-state index in [0.29, 0.717) is 0 Å². The zero-order valence-corrected chi connectivity index (χ0v) is 16.4. The van der Waals surface area contributed by atoms with Gasteiger partial charge in [0.25, 0.3) is 0 Å². The number of anilines is 1. The molecule has 1 aliphatic heterocycles. The molecular weight excluding hydrogens is 380 g/mol. The van der Waals surface area contributed by atoms with E-state index in [9.17, 15) is 4.79 Å². The molecule has 4 rings (SSSR count). The van der Waals surface area contributed by atoms with Crippen LogP contribution in [0.3, 0.4) is 0 Å². The van der Waals surface area contributed by atoms with Crippen molar-refractivity contribution >= 4 is 34.5 Å². The lowest BCUT2D eigenvalue weighted by atomic mass is 9.97. The lowest BCUT2D eigenvalue weighted by Crippen LogP contribution is -2.40. The van der Waals surface area contributed by atoms with Crippen LogP contribution >= 0.6 is 22.9 Å². The van der Waals surface area contributed by atoms with E-state index >= 15 is 0 Å². The van der Waals surface area contributed by atoms with Crippen molar-refractivity contribution in [3.63, 3.8) is 0 Å². The minimum Gasteiger partial charge on any atom is -0.326 e. The fourth-order valence-corrected chi connectivity index (χ4v) is 4.59. The number of likely N-dealkylation sites (tertiary alicyclic amines) is 1. The number of hydrogen-bond acceptors (Lipinski definition) is 4. The quantitative estimate of drug-likeness (QED) is 0.655. The van der Waals surface area contributed by atoms with Gasteiger partial charge in [0.05, 0.1) is 15.9 Å². The normalized spacial score (nSPS) is 17.7. The van der Waals surface area contributed by atoms with Gasteiger partial charge in [0.15, 0.2) is 0 Å². The fraction of sp³-hybridized carbons (Fsp3) is 0.300. The number of halogens is 1. The molecule has 0 radical (unpaired) electrons. The summed E-state index contributed by atoms with van der Waals surface area (Å²) in [5, 5.41) is 9.97. The van der Waals surface area contributed by atoms with Gasteiger partial charge in [-0.1, -0.05) is 23.7 Å². The zero-order valence-electron chi connectivity index (χ0n) is 14.8. The molecule has 1 unspecified atom stereocenters. The zero-order chi connectivity index (χ0) is 18.6. The number of rotatable bonds is 5. The molecule has 5 nitrogen and oxygen atoms in total. The van der Waals surface area contributed by atoms with Crippen LogP contribution < -0.4 is 5.32 Å². The van der Waals surface area contributed by atoms with Gasteiger partial charge in [0.1, 0.15) is 0 Å². The topological polar surface area (TPSA) is 61.0 Å². The molecule has 0 aliphatic carbocycles. The summed E-state index contributed by atoms with van der Waals surface area (Å²) in [5.41, 5.74) is 2.83. The number of thiophene rings is 1. The van der Waals surface area contributed by atoms with E-state index < -0.39 is 0 Å². The Labute approximate surface area is 167 Å². The molecule has 0 saturated carbocycles. The maximum atomic E-state index is 12.7. The monoisotopic (exact) mass is 400 g/mol. The number of amides is 1. The molecule has 2 N–H and O–H groups in total. The van der Waals surface area contributed by atoms with Gasteiger partial charge in [-0.05, 0) is 55.3 Å². The first-order chi connectivity index (χ1) is 13.2. The standard InChI is InChI=1S/C20H21ClN4OS/c21-19-8-7-17(27-19)13-25-11-1-2-15(12-25)20(26)23-16-5-3-14(4-6-16)18-9-10-22-24-18/h3-10,15H,1-2,11-13H2,(H,22,24)(H,23,26). The highest BCUT2D eigenvalue weighted by Gasteiger charge is 2.26. The second-order valence-corrected chi connectivity index (χ2v) is 8.62. The van der Waals surface area contributed by atoms with Crippen LogP contribution in [0.4, 0.5) is 5.69 Å². The third-order valence-electron chi connectivity index (χ3n) is 4.85. The van der Waals surface area contributed by atoms with Crippen LogP contribution in [0.15, 0.2) is 48.7 Å². The maximum Gasteiger partial charge on any atom is 0.228 e. The molecule has 140 valence electrons. The molecule has 27 heavy (non-hydrogen) atoms. The third kappa shape index (κ3) is 4.58. The Kier molecular flexibility index (Phi) is 5.57. The van der Waals surface area contributed by atoms with Crippen LogP contribution in [0.2, 0.25) is 4.34 Å². The van der Waals surface area contributed by atoms with E-state index in [4.69, 9.17) is 11.6 Å². The summed E-state index contributed by atoms with van der Waals surface area (Å²) in [7, 11) is 0. The van der Waals surface area contributed by atoms with Gasteiger partial charge in [-0.15, -0.1) is 11.3 Å². The van der Waals surface area contributed by atoms with Crippen molar-refractivity contribution in [1.82, 2.24) is 15.1 Å². The summed E-state index contributed by atoms with van der Waals surface area (Å²) in [6.45, 7) is 2.67. The van der Waals surface area contributed by atoms with Gasteiger partial charge in [-0.25, -0.2) is 0 Å². The second-order valence-electron chi connectivity index (χ2n) is 6.82. The number of H-pyrrole nitrogens is 1. The number of carbonyl (C=O) groups is 1. The minimum atomic E-state index is 0.0152. The largest absolute Gasteiger partial charge is 0.326 e. The van der Waals surface area contributed by atoms with Crippen LogP contribution in [-0.2, 0) is 11.3 Å². The minimum absolute atomic E-state index is 0.0152. The lowest BCUT2D eigenvalue weighted by molar-refractivity contribution is -0.121. The summed E-state index contributed by atoms with van der Waals surface area (Å²) in [6, 6.07) is 13.8. The van der Waals surface area contributed by atoms with Gasteiger partial charge < -0.3 is 5.32 Å². The van der Waals surface area contributed by atoms with Crippen LogP contribution in [0.1, 0.15) is 17.7 Å². The lowest BCUT2D eigenvalue weighted by Gasteiger charge is -2.31. The van der Waals surface area contributed by atoms with E-state index in [-0.39, 0.29) is 11.8 Å². The van der Waals surface area contributed by atoms with Gasteiger partial charge in [0, 0.05) is 29.9 Å². The molecule has 3 aromatic rings. The SMILES string of the molecule is O=C(Nc1ccc(-c2ccn[nH]2)cc1)C1CCCN(Cc2ccc(Cl)s2)C1. The Bertz CT molecular complexity index is 891. The summed E-state index contributed by atoms with van der Waals surface area (Å²) in [4.78, 5) is 16.3. The first kappa shape index (κ1) is 18.2. The molecule has 1 fully saturated rings. The highest BCUT2D eigenvalue weighted by Crippen LogP contribution is 2.26. The van der Waals surface area contributed by atoms with Gasteiger partial charge in [-0.2, -0.15) is 5.10 Å². The molecule has 0 spiro atoms. The number of aromatic nitrogens is 2. The van der Waals surface area contributed by atoms with Crippen molar-refractivity contribution in [1.29, 1.82) is 0 Å². The summed E-state index contributed by atoms with van der Waals surface area (Å²) in [5.74, 6) is 0.111. The molecule has 0 bridgehead atoms. The highest BCUT2D eigenvalue weighted by atomic mass is 35.5. The molecule has 3 heterocycles. The Balaban J connectivity index is 1.34. The average Bonchev–Trinajstić information content (AvgIpc) is 3.35. The van der Waals surface area contributed by atoms with E-state index in [1.807, 2.05) is 36.4 Å². The highest BCUT2D eigenvalue weighted by molar-refractivity contribution is 7.16. The first-order valence-corrected chi connectivity index (χ1v) is 10.2. The predicted octanol–water partition coefficient (Wildman–Crippen LogP) is 4.64. The van der Waals surface area contributed by atoms with E-state index in [1.54, 1.807) is 17.5 Å². The van der Waals surface area contributed by atoms with E-state index in [2.05, 4.69) is 26.5 Å². The predicted molar refractivity (Wildman–Crippen MR) is 110 cm³/mol. The van der Waals surface area contributed by atoms with Gasteiger partial charge >= 0.3 is 0 Å². The van der Waals surface area contributed by atoms with E-state index in [0.717, 1.165) is 53.8 Å². The van der Waals surface area contributed by atoms with Gasteiger partial charge in [0.2, 0.25) is 5.91 Å². The molecular formula is C20H21ClN4OS. The van der Waals surface area contributed by atoms with Crippen molar-refractivity contribution in [3.8, 4) is 11.3 Å². The number of nitrogens with one attached hydrogen (secondary N) is 2. The number of nitrogens with zero attached hydrogens (tertiary/aromatic N) is 2. The Morgan fingerprint density at radius 1 is 1.26 bits per heavy atom. The summed E-state index contributed by atoms with van der Waals surface area (Å²) < 4.78 is 0.815. The van der Waals surface area contributed by atoms with Crippen LogP contribution in [0.5, 0.6) is 0 Å². The number of piperidine rings is 1. The summed E-state index contributed by atoms with van der Waals surface area (Å²) >= 11 is 7.63. The second kappa shape index (κ2) is 8.25. The van der Waals surface area contributed by atoms with Gasteiger partial charge in [-0.3, -0.25) is 14.8 Å². The molecule has 1 aliphatic rings. The van der Waals surface area contributed by atoms with Crippen molar-refractivity contribution in [2.24, 2.45) is 5.92 Å². The molecule has 1 saturated heterocycles.